The molecule has 0 spiro atoms. The van der Waals surface area contributed by atoms with Gasteiger partial charge in [0.05, 0.1) is 6.61 Å². The van der Waals surface area contributed by atoms with Crippen molar-refractivity contribution in [1.29, 1.82) is 0 Å². The third kappa shape index (κ3) is 3.07. The molecule has 2 rings (SSSR count). The Morgan fingerprint density at radius 1 is 1.40 bits per heavy atom. The molecule has 2 heterocycles. The van der Waals surface area contributed by atoms with E-state index in [0.717, 1.165) is 0 Å². The maximum Gasteiger partial charge on any atom is 0.426 e. The summed E-state index contributed by atoms with van der Waals surface area (Å²) in [6.07, 6.45) is 2.10. The molecule has 7 nitrogen and oxygen atoms in total. The van der Waals surface area contributed by atoms with Crippen LogP contribution in [-0.4, -0.2) is 36.0 Å². The fourth-order valence-corrected chi connectivity index (χ4v) is 2.90. The van der Waals surface area contributed by atoms with Gasteiger partial charge in [0.2, 0.25) is 0 Å². The Bertz CT molecular complexity index is 594. The topological polar surface area (TPSA) is 85.8 Å². The zero-order chi connectivity index (χ0) is 15.0. The third-order valence-corrected chi connectivity index (χ3v) is 3.88. The Labute approximate surface area is 117 Å². The normalized spacial score (nSPS) is 21.8. The van der Waals surface area contributed by atoms with Crippen molar-refractivity contribution in [2.75, 3.05) is 6.61 Å². The highest BCUT2D eigenvalue weighted by Gasteiger charge is 2.45. The summed E-state index contributed by atoms with van der Waals surface area (Å²) in [5.74, 6) is 0. The number of nitrogens with zero attached hydrogens (tertiary/aromatic N) is 2. The van der Waals surface area contributed by atoms with E-state index in [1.165, 1.54) is 12.4 Å². The number of hydrogen-bond donors (Lipinski definition) is 0. The van der Waals surface area contributed by atoms with Crippen LogP contribution in [0.2, 0.25) is 0 Å². The van der Waals surface area contributed by atoms with Crippen LogP contribution in [0.5, 0.6) is 0 Å². The maximum absolute atomic E-state index is 12.1. The lowest BCUT2D eigenvalue weighted by atomic mass is 10.1. The zero-order valence-electron chi connectivity index (χ0n) is 11.4. The monoisotopic (exact) mass is 300 g/mol. The molecule has 1 amide bonds. The SMILES string of the molecule is CC(C)(C)OC(=O)N1C(c2ccncc2)COS1(=O)=O. The molecule has 0 aliphatic carbocycles. The Morgan fingerprint density at radius 3 is 2.55 bits per heavy atom. The summed E-state index contributed by atoms with van der Waals surface area (Å²) in [5, 5.41) is 0. The van der Waals surface area contributed by atoms with Crippen molar-refractivity contribution in [1.82, 2.24) is 9.29 Å². The smallest absolute Gasteiger partial charge is 0.426 e. The molecule has 1 saturated heterocycles. The van der Waals surface area contributed by atoms with Crippen LogP contribution in [0.25, 0.3) is 0 Å². The van der Waals surface area contributed by atoms with Gasteiger partial charge in [-0.1, -0.05) is 0 Å². The first-order chi connectivity index (χ1) is 9.21. The van der Waals surface area contributed by atoms with E-state index >= 15 is 0 Å². The van der Waals surface area contributed by atoms with Gasteiger partial charge in [0.25, 0.3) is 0 Å². The summed E-state index contributed by atoms with van der Waals surface area (Å²) >= 11 is 0. The molecule has 1 aliphatic heterocycles. The van der Waals surface area contributed by atoms with Gasteiger partial charge < -0.3 is 4.74 Å². The number of amides is 1. The van der Waals surface area contributed by atoms with Gasteiger partial charge in [0.15, 0.2) is 0 Å². The average molecular weight is 300 g/mol. The Balaban J connectivity index is 2.32. The van der Waals surface area contributed by atoms with Crippen LogP contribution in [0.15, 0.2) is 24.5 Å². The minimum Gasteiger partial charge on any atom is -0.443 e. The summed E-state index contributed by atoms with van der Waals surface area (Å²) in [4.78, 5) is 15.9. The van der Waals surface area contributed by atoms with Crippen molar-refractivity contribution in [2.24, 2.45) is 0 Å². The van der Waals surface area contributed by atoms with Gasteiger partial charge in [-0.05, 0) is 38.5 Å². The maximum atomic E-state index is 12.1. The summed E-state index contributed by atoms with van der Waals surface area (Å²) < 4.78 is 34.2. The van der Waals surface area contributed by atoms with Crippen LogP contribution >= 0.6 is 0 Å². The number of carbonyl (C=O) groups excluding carboxylic acids is 1. The fraction of sp³-hybridized carbons (Fsp3) is 0.500. The van der Waals surface area contributed by atoms with Crippen LogP contribution in [0.4, 0.5) is 4.79 Å². The van der Waals surface area contributed by atoms with Crippen LogP contribution in [0.3, 0.4) is 0 Å². The second kappa shape index (κ2) is 5.02. The second-order valence-corrected chi connectivity index (χ2v) is 6.80. The van der Waals surface area contributed by atoms with Crippen molar-refractivity contribution in [3.63, 3.8) is 0 Å². The molecule has 8 heteroatoms. The van der Waals surface area contributed by atoms with Gasteiger partial charge in [-0.2, -0.15) is 12.7 Å². The first kappa shape index (κ1) is 14.7. The number of aromatic nitrogens is 1. The van der Waals surface area contributed by atoms with E-state index in [9.17, 15) is 13.2 Å². The second-order valence-electron chi connectivity index (χ2n) is 5.31. The van der Waals surface area contributed by atoms with Crippen molar-refractivity contribution >= 4 is 16.4 Å². The van der Waals surface area contributed by atoms with Crippen molar-refractivity contribution in [2.45, 2.75) is 32.4 Å². The Hall–Kier alpha value is -1.67. The van der Waals surface area contributed by atoms with Gasteiger partial charge in [-0.15, -0.1) is 0 Å². The molecule has 0 radical (unpaired) electrons. The molecular weight excluding hydrogens is 284 g/mol. The largest absolute Gasteiger partial charge is 0.443 e. The molecule has 0 saturated carbocycles. The molecule has 0 N–H and O–H groups in total. The van der Waals surface area contributed by atoms with Crippen molar-refractivity contribution in [3.8, 4) is 0 Å². The highest BCUT2D eigenvalue weighted by atomic mass is 32.2. The minimum absolute atomic E-state index is 0.133. The Morgan fingerprint density at radius 2 is 2.00 bits per heavy atom. The van der Waals surface area contributed by atoms with Gasteiger partial charge in [-0.25, -0.2) is 4.79 Å². The molecule has 1 atom stereocenters. The molecule has 1 aromatic rings. The van der Waals surface area contributed by atoms with E-state index in [1.54, 1.807) is 32.9 Å². The van der Waals surface area contributed by atoms with Gasteiger partial charge >= 0.3 is 16.4 Å². The van der Waals surface area contributed by atoms with Crippen LogP contribution < -0.4 is 0 Å². The molecule has 0 bridgehead atoms. The molecule has 1 aliphatic rings. The van der Waals surface area contributed by atoms with Crippen LogP contribution in [-0.2, 0) is 19.2 Å². The zero-order valence-corrected chi connectivity index (χ0v) is 12.3. The summed E-state index contributed by atoms with van der Waals surface area (Å²) in [7, 11) is -4.12. The molecule has 20 heavy (non-hydrogen) atoms. The van der Waals surface area contributed by atoms with Crippen molar-refractivity contribution < 1.29 is 22.1 Å². The summed E-state index contributed by atoms with van der Waals surface area (Å²) in [6.45, 7) is 4.85. The summed E-state index contributed by atoms with van der Waals surface area (Å²) in [5.41, 5.74) is -0.176. The van der Waals surface area contributed by atoms with E-state index in [4.69, 9.17) is 8.92 Å². The third-order valence-electron chi connectivity index (χ3n) is 2.56. The lowest BCUT2D eigenvalue weighted by Gasteiger charge is -2.25. The highest BCUT2D eigenvalue weighted by molar-refractivity contribution is 7.85. The van der Waals surface area contributed by atoms with Gasteiger partial charge in [0, 0.05) is 12.4 Å². The van der Waals surface area contributed by atoms with Crippen LogP contribution in [0.1, 0.15) is 32.4 Å². The molecule has 1 aromatic heterocycles. The van der Waals surface area contributed by atoms with E-state index in [-0.39, 0.29) is 6.61 Å². The number of hydrogen-bond acceptors (Lipinski definition) is 6. The first-order valence-electron chi connectivity index (χ1n) is 6.02. The standard InChI is InChI=1S/C12H16N2O5S/c1-12(2,3)19-11(15)14-10(8-18-20(14,16)17)9-4-6-13-7-5-9/h4-7,10H,8H2,1-3H3. The van der Waals surface area contributed by atoms with Crippen molar-refractivity contribution in [3.05, 3.63) is 30.1 Å². The number of ether oxygens (including phenoxy) is 1. The van der Waals surface area contributed by atoms with E-state index < -0.39 is 28.0 Å². The van der Waals surface area contributed by atoms with Gasteiger partial charge in [0.1, 0.15) is 11.6 Å². The average Bonchev–Trinajstić information content (AvgIpc) is 2.64. The number of carbonyl (C=O) groups is 1. The lowest BCUT2D eigenvalue weighted by Crippen LogP contribution is -2.39. The quantitative estimate of drug-likeness (QED) is 0.783. The van der Waals surface area contributed by atoms with E-state index in [1.807, 2.05) is 0 Å². The number of pyridine rings is 1. The Kier molecular flexibility index (Phi) is 3.70. The van der Waals surface area contributed by atoms with E-state index in [0.29, 0.717) is 9.87 Å². The number of rotatable bonds is 1. The highest BCUT2D eigenvalue weighted by Crippen LogP contribution is 2.32. The molecule has 1 fully saturated rings. The molecule has 110 valence electrons. The predicted molar refractivity (Wildman–Crippen MR) is 69.9 cm³/mol. The summed E-state index contributed by atoms with van der Waals surface area (Å²) in [6, 6.07) is 2.52. The van der Waals surface area contributed by atoms with Gasteiger partial charge in [-0.3, -0.25) is 9.17 Å². The molecular formula is C12H16N2O5S. The lowest BCUT2D eigenvalue weighted by molar-refractivity contribution is 0.0356. The minimum atomic E-state index is -4.12. The van der Waals surface area contributed by atoms with Crippen LogP contribution in [0, 0.1) is 0 Å². The van der Waals surface area contributed by atoms with E-state index in [2.05, 4.69) is 4.98 Å². The predicted octanol–water partition coefficient (Wildman–Crippen LogP) is 1.63. The molecule has 0 aromatic carbocycles. The first-order valence-corrected chi connectivity index (χ1v) is 7.39. The molecule has 1 unspecified atom stereocenters. The fourth-order valence-electron chi connectivity index (χ4n) is 1.77.